The zero-order valence-electron chi connectivity index (χ0n) is 21.1. The van der Waals surface area contributed by atoms with Crippen molar-refractivity contribution in [3.8, 4) is 0 Å². The average molecular weight is 511 g/mol. The molecule has 3 aliphatic rings. The third-order valence-corrected chi connectivity index (χ3v) is 10.1. The van der Waals surface area contributed by atoms with Crippen LogP contribution in [0.3, 0.4) is 0 Å². The minimum atomic E-state index is 0.0878. The van der Waals surface area contributed by atoms with E-state index in [0.29, 0.717) is 12.1 Å². The van der Waals surface area contributed by atoms with Crippen LogP contribution < -0.4 is 10.6 Å². The molecule has 2 heterocycles. The zero-order valence-corrected chi connectivity index (χ0v) is 22.8. The third-order valence-electron chi connectivity index (χ3n) is 8.03. The third kappa shape index (κ3) is 5.59. The maximum Gasteiger partial charge on any atom is 0.261 e. The van der Waals surface area contributed by atoms with Crippen LogP contribution in [-0.4, -0.2) is 23.9 Å². The number of allylic oxidation sites excluding steroid dienone is 2. The molecular weight excluding hydrogens is 472 g/mol. The predicted octanol–water partition coefficient (Wildman–Crippen LogP) is 7.65. The second-order valence-electron chi connectivity index (χ2n) is 10.6. The van der Waals surface area contributed by atoms with Crippen LogP contribution in [0, 0.1) is 13.8 Å². The van der Waals surface area contributed by atoms with Crippen molar-refractivity contribution in [2.24, 2.45) is 0 Å². The molecule has 0 spiro atoms. The van der Waals surface area contributed by atoms with Gasteiger partial charge in [0, 0.05) is 21.8 Å². The van der Waals surface area contributed by atoms with Gasteiger partial charge in [-0.05, 0) is 93.2 Å². The molecule has 3 aliphatic carbocycles. The van der Waals surface area contributed by atoms with E-state index in [0.717, 1.165) is 54.7 Å². The van der Waals surface area contributed by atoms with Crippen LogP contribution in [0.4, 0.5) is 0 Å². The van der Waals surface area contributed by atoms with Gasteiger partial charge in [-0.2, -0.15) is 0 Å². The van der Waals surface area contributed by atoms with Crippen molar-refractivity contribution in [2.45, 2.75) is 109 Å². The molecule has 0 aliphatic heterocycles. The molecule has 0 unspecified atom stereocenters. The Morgan fingerprint density at radius 3 is 1.46 bits per heavy atom. The first kappa shape index (κ1) is 24.8. The summed E-state index contributed by atoms with van der Waals surface area (Å²) in [6.07, 6.45) is 15.1. The number of carbonyl (C=O) groups is 2. The van der Waals surface area contributed by atoms with Gasteiger partial charge in [0.05, 0.1) is 9.75 Å². The lowest BCUT2D eigenvalue weighted by Gasteiger charge is -2.22. The zero-order chi connectivity index (χ0) is 24.4. The first-order chi connectivity index (χ1) is 17.0. The predicted molar refractivity (Wildman–Crippen MR) is 147 cm³/mol. The molecule has 6 heteroatoms. The molecule has 0 saturated heterocycles. The van der Waals surface area contributed by atoms with Gasteiger partial charge in [-0.1, -0.05) is 38.5 Å². The van der Waals surface area contributed by atoms with Gasteiger partial charge in [-0.3, -0.25) is 9.59 Å². The van der Waals surface area contributed by atoms with E-state index in [2.05, 4.69) is 36.6 Å². The van der Waals surface area contributed by atoms with E-state index in [1.165, 1.54) is 70.6 Å². The summed E-state index contributed by atoms with van der Waals surface area (Å²) in [6, 6.07) is 4.90. The van der Waals surface area contributed by atoms with Crippen LogP contribution in [0.5, 0.6) is 0 Å². The molecule has 0 bridgehead atoms. The summed E-state index contributed by atoms with van der Waals surface area (Å²) >= 11 is 3.24. The van der Waals surface area contributed by atoms with Crippen molar-refractivity contribution in [1.29, 1.82) is 0 Å². The van der Waals surface area contributed by atoms with Crippen LogP contribution in [0.1, 0.15) is 124 Å². The Kier molecular flexibility index (Phi) is 7.78. The lowest BCUT2D eigenvalue weighted by Crippen LogP contribution is -2.35. The summed E-state index contributed by atoms with van der Waals surface area (Å²) in [5.74, 6) is 0.176. The highest BCUT2D eigenvalue weighted by Gasteiger charge is 2.26. The Morgan fingerprint density at radius 1 is 0.657 bits per heavy atom. The molecule has 2 aromatic rings. The Morgan fingerprint density at radius 2 is 1.06 bits per heavy atom. The van der Waals surface area contributed by atoms with E-state index >= 15 is 0 Å². The Labute approximate surface area is 217 Å². The fraction of sp³-hybridized carbons (Fsp3) is 0.586. The highest BCUT2D eigenvalue weighted by Crippen LogP contribution is 2.45. The fourth-order valence-electron chi connectivity index (χ4n) is 6.13. The fourth-order valence-corrected chi connectivity index (χ4v) is 8.03. The van der Waals surface area contributed by atoms with E-state index in [9.17, 15) is 9.59 Å². The summed E-state index contributed by atoms with van der Waals surface area (Å²) < 4.78 is 0. The van der Waals surface area contributed by atoms with Crippen LogP contribution in [0.2, 0.25) is 0 Å². The van der Waals surface area contributed by atoms with Gasteiger partial charge in [-0.25, -0.2) is 0 Å². The Hall–Kier alpha value is -1.92. The quantitative estimate of drug-likeness (QED) is 0.419. The summed E-state index contributed by atoms with van der Waals surface area (Å²) in [7, 11) is 0. The van der Waals surface area contributed by atoms with Crippen molar-refractivity contribution in [3.63, 3.8) is 0 Å². The van der Waals surface area contributed by atoms with Crippen LogP contribution in [0.25, 0.3) is 11.1 Å². The highest BCUT2D eigenvalue weighted by molar-refractivity contribution is 7.14. The monoisotopic (exact) mass is 510 g/mol. The maximum absolute atomic E-state index is 13.0. The van der Waals surface area contributed by atoms with Gasteiger partial charge in [0.25, 0.3) is 11.8 Å². The van der Waals surface area contributed by atoms with Crippen LogP contribution in [0.15, 0.2) is 12.1 Å². The van der Waals surface area contributed by atoms with Crippen molar-refractivity contribution in [2.75, 3.05) is 0 Å². The van der Waals surface area contributed by atoms with Crippen molar-refractivity contribution in [1.82, 2.24) is 10.6 Å². The highest BCUT2D eigenvalue weighted by atomic mass is 32.1. The molecule has 0 atom stereocenters. The van der Waals surface area contributed by atoms with Crippen molar-refractivity contribution in [3.05, 3.63) is 42.8 Å². The lowest BCUT2D eigenvalue weighted by atomic mass is 9.95. The Balaban J connectivity index is 1.35. The van der Waals surface area contributed by atoms with Crippen molar-refractivity contribution < 1.29 is 9.59 Å². The lowest BCUT2D eigenvalue weighted by molar-refractivity contribution is 0.0923. The maximum atomic E-state index is 13.0. The number of nitrogens with one attached hydrogen (secondary N) is 2. The summed E-state index contributed by atoms with van der Waals surface area (Å²) in [5.41, 5.74) is 5.21. The second kappa shape index (κ2) is 11.0. The number of hydrogen-bond donors (Lipinski definition) is 2. The molecule has 188 valence electrons. The summed E-state index contributed by atoms with van der Waals surface area (Å²) in [5, 5.41) is 6.56. The largest absolute Gasteiger partial charge is 0.349 e. The SMILES string of the molecule is Cc1sc(C(=O)NC2CCCCC2)cc1C1=C(c2cc(C(=O)NC3CCCCC3)sc2C)CCC1. The number of aryl methyl sites for hydroxylation is 2. The molecule has 0 radical (unpaired) electrons. The molecule has 0 aromatic carbocycles. The molecule has 2 aromatic heterocycles. The van der Waals surface area contributed by atoms with Gasteiger partial charge in [0.2, 0.25) is 0 Å². The van der Waals surface area contributed by atoms with Crippen LogP contribution in [-0.2, 0) is 0 Å². The summed E-state index contributed by atoms with van der Waals surface area (Å²) in [6.45, 7) is 4.29. The minimum Gasteiger partial charge on any atom is -0.349 e. The van der Waals surface area contributed by atoms with E-state index in [1.54, 1.807) is 22.7 Å². The molecular formula is C29H38N2O2S2. The molecule has 4 nitrogen and oxygen atoms in total. The van der Waals surface area contributed by atoms with Gasteiger partial charge in [0.15, 0.2) is 0 Å². The number of thiophene rings is 2. The van der Waals surface area contributed by atoms with E-state index in [1.807, 2.05) is 0 Å². The Bertz CT molecular complexity index is 1030. The van der Waals surface area contributed by atoms with E-state index in [-0.39, 0.29) is 11.8 Å². The molecule has 2 fully saturated rings. The first-order valence-electron chi connectivity index (χ1n) is 13.5. The van der Waals surface area contributed by atoms with Gasteiger partial charge in [-0.15, -0.1) is 22.7 Å². The molecule has 35 heavy (non-hydrogen) atoms. The van der Waals surface area contributed by atoms with Gasteiger partial charge >= 0.3 is 0 Å². The molecule has 2 N–H and O–H groups in total. The number of carbonyl (C=O) groups excluding carboxylic acids is 2. The minimum absolute atomic E-state index is 0.0878. The van der Waals surface area contributed by atoms with Crippen LogP contribution >= 0.6 is 22.7 Å². The average Bonchev–Trinajstić information content (AvgIpc) is 3.58. The van der Waals surface area contributed by atoms with E-state index in [4.69, 9.17) is 0 Å². The standard InChI is InChI=1S/C29H38N2O2S2/c1-18-24(16-26(34-18)28(32)30-20-10-5-3-6-11-20)22-14-9-15-23(22)25-17-27(35-19(25)2)29(33)31-21-12-7-4-8-13-21/h16-17,20-21H,3-15H2,1-2H3,(H,30,32)(H,31,33). The number of amides is 2. The van der Waals surface area contributed by atoms with E-state index < -0.39 is 0 Å². The number of rotatable bonds is 6. The molecule has 2 saturated carbocycles. The normalized spacial score (nSPS) is 19.8. The molecule has 2 amide bonds. The summed E-state index contributed by atoms with van der Waals surface area (Å²) in [4.78, 5) is 30.1. The van der Waals surface area contributed by atoms with Gasteiger partial charge in [0.1, 0.15) is 0 Å². The molecule has 5 rings (SSSR count). The first-order valence-corrected chi connectivity index (χ1v) is 15.2. The smallest absolute Gasteiger partial charge is 0.261 e. The topological polar surface area (TPSA) is 58.2 Å². The van der Waals surface area contributed by atoms with Crippen molar-refractivity contribution >= 4 is 45.6 Å². The number of hydrogen-bond acceptors (Lipinski definition) is 4. The second-order valence-corrected chi connectivity index (χ2v) is 13.1. The van der Waals surface area contributed by atoms with Gasteiger partial charge < -0.3 is 10.6 Å².